The molecule has 1 aliphatic carbocycles. The van der Waals surface area contributed by atoms with Crippen molar-refractivity contribution >= 4 is 11.6 Å². The third-order valence-corrected chi connectivity index (χ3v) is 6.10. The highest BCUT2D eigenvalue weighted by Gasteiger charge is 2.26. The first-order chi connectivity index (χ1) is 13.2. The average molecular weight is 375 g/mol. The molecular formula is C22H34N2O3. The van der Waals surface area contributed by atoms with E-state index in [1.54, 1.807) is 7.11 Å². The van der Waals surface area contributed by atoms with Crippen molar-refractivity contribution in [2.24, 2.45) is 11.8 Å². The molecule has 1 aliphatic heterocycles. The van der Waals surface area contributed by atoms with Crippen LogP contribution in [-0.2, 0) is 9.53 Å². The summed E-state index contributed by atoms with van der Waals surface area (Å²) < 4.78 is 11.5. The number of benzene rings is 1. The number of carbonyl (C=O) groups excluding carboxylic acids is 1. The summed E-state index contributed by atoms with van der Waals surface area (Å²) in [5.74, 6) is 1.58. The van der Waals surface area contributed by atoms with Gasteiger partial charge in [-0.15, -0.1) is 0 Å². The number of piperidine rings is 1. The summed E-state index contributed by atoms with van der Waals surface area (Å²) in [6, 6.07) is 7.57. The summed E-state index contributed by atoms with van der Waals surface area (Å²) >= 11 is 0. The largest absolute Gasteiger partial charge is 0.495 e. The predicted octanol–water partition coefficient (Wildman–Crippen LogP) is 3.94. The van der Waals surface area contributed by atoms with Crippen molar-refractivity contribution in [2.75, 3.05) is 38.7 Å². The molecule has 1 heterocycles. The maximum Gasteiger partial charge on any atom is 0.227 e. The second kappa shape index (κ2) is 10.1. The fraction of sp³-hybridized carbons (Fsp3) is 0.682. The van der Waals surface area contributed by atoms with Gasteiger partial charge in [-0.1, -0.05) is 31.9 Å². The minimum absolute atomic E-state index is 0.0745. The number of ether oxygens (including phenoxy) is 2. The zero-order chi connectivity index (χ0) is 19.1. The van der Waals surface area contributed by atoms with E-state index in [1.807, 2.05) is 24.3 Å². The second-order valence-corrected chi connectivity index (χ2v) is 7.98. The minimum Gasteiger partial charge on any atom is -0.495 e. The predicted molar refractivity (Wildman–Crippen MR) is 108 cm³/mol. The van der Waals surface area contributed by atoms with Crippen LogP contribution in [0.4, 0.5) is 5.69 Å². The normalized spacial score (nSPS) is 24.5. The van der Waals surface area contributed by atoms with Crippen LogP contribution < -0.4 is 10.1 Å². The molecule has 0 unspecified atom stereocenters. The highest BCUT2D eigenvalue weighted by molar-refractivity contribution is 5.94. The summed E-state index contributed by atoms with van der Waals surface area (Å²) in [6.45, 7) is 6.04. The lowest BCUT2D eigenvalue weighted by Crippen LogP contribution is -2.40. The lowest BCUT2D eigenvalue weighted by atomic mass is 9.88. The monoisotopic (exact) mass is 374 g/mol. The standard InChI is InChI=1S/C22H34N2O3/c1-17-7-3-5-9-20(17)27-16-15-24-13-11-18(12-14-24)22(25)23-19-8-4-6-10-21(19)26-2/h4,6,8,10,17-18,20H,3,5,7,9,11-16H2,1-2H3,(H,23,25)/t17-,20-/m1/s1. The number of amides is 1. The molecule has 1 saturated heterocycles. The number of nitrogens with one attached hydrogen (secondary N) is 1. The molecule has 5 heteroatoms. The fourth-order valence-electron chi connectivity index (χ4n) is 4.26. The second-order valence-electron chi connectivity index (χ2n) is 7.98. The van der Waals surface area contributed by atoms with Gasteiger partial charge >= 0.3 is 0 Å². The first kappa shape index (κ1) is 20.2. The highest BCUT2D eigenvalue weighted by atomic mass is 16.5. The van der Waals surface area contributed by atoms with Crippen molar-refractivity contribution in [3.63, 3.8) is 0 Å². The lowest BCUT2D eigenvalue weighted by Gasteiger charge is -2.33. The molecule has 3 rings (SSSR count). The highest BCUT2D eigenvalue weighted by Crippen LogP contribution is 2.27. The number of hydrogen-bond donors (Lipinski definition) is 1. The van der Waals surface area contributed by atoms with E-state index in [2.05, 4.69) is 17.1 Å². The number of para-hydroxylation sites is 2. The Morgan fingerprint density at radius 3 is 2.63 bits per heavy atom. The van der Waals surface area contributed by atoms with Gasteiger partial charge in [-0.25, -0.2) is 0 Å². The van der Waals surface area contributed by atoms with E-state index < -0.39 is 0 Å². The fourth-order valence-corrected chi connectivity index (χ4v) is 4.26. The molecule has 0 spiro atoms. The molecule has 1 aromatic rings. The minimum atomic E-state index is 0.0745. The van der Waals surface area contributed by atoms with Gasteiger partial charge in [0.15, 0.2) is 0 Å². The Hall–Kier alpha value is -1.59. The summed E-state index contributed by atoms with van der Waals surface area (Å²) in [6.07, 6.45) is 7.43. The number of nitrogens with zero attached hydrogens (tertiary/aromatic N) is 1. The van der Waals surface area contributed by atoms with Crippen molar-refractivity contribution in [2.45, 2.75) is 51.6 Å². The van der Waals surface area contributed by atoms with E-state index in [1.165, 1.54) is 25.7 Å². The van der Waals surface area contributed by atoms with Gasteiger partial charge in [0.2, 0.25) is 5.91 Å². The Morgan fingerprint density at radius 1 is 1.15 bits per heavy atom. The van der Waals surface area contributed by atoms with Gasteiger partial charge in [-0.3, -0.25) is 4.79 Å². The molecule has 2 aliphatic rings. The van der Waals surface area contributed by atoms with Crippen molar-refractivity contribution in [1.82, 2.24) is 4.90 Å². The Labute approximate surface area is 163 Å². The number of anilines is 1. The average Bonchev–Trinajstić information content (AvgIpc) is 2.70. The number of likely N-dealkylation sites (tertiary alicyclic amines) is 1. The van der Waals surface area contributed by atoms with E-state index in [4.69, 9.17) is 9.47 Å². The zero-order valence-electron chi connectivity index (χ0n) is 16.8. The molecule has 1 amide bonds. The first-order valence-electron chi connectivity index (χ1n) is 10.4. The molecule has 1 N–H and O–H groups in total. The first-order valence-corrected chi connectivity index (χ1v) is 10.4. The molecule has 150 valence electrons. The molecule has 1 saturated carbocycles. The zero-order valence-corrected chi connectivity index (χ0v) is 16.8. The van der Waals surface area contributed by atoms with Crippen LogP contribution in [0.2, 0.25) is 0 Å². The van der Waals surface area contributed by atoms with Crippen molar-refractivity contribution < 1.29 is 14.3 Å². The Kier molecular flexibility index (Phi) is 7.53. The van der Waals surface area contributed by atoms with Crippen molar-refractivity contribution in [3.05, 3.63) is 24.3 Å². The van der Waals surface area contributed by atoms with E-state index in [0.717, 1.165) is 44.8 Å². The van der Waals surface area contributed by atoms with Crippen LogP contribution >= 0.6 is 0 Å². The summed E-state index contributed by atoms with van der Waals surface area (Å²) in [5.41, 5.74) is 0.752. The maximum absolute atomic E-state index is 12.6. The quantitative estimate of drug-likeness (QED) is 0.785. The van der Waals surface area contributed by atoms with Crippen LogP contribution in [0.3, 0.4) is 0 Å². The molecule has 5 nitrogen and oxygen atoms in total. The molecule has 0 aromatic heterocycles. The number of carbonyl (C=O) groups is 1. The molecule has 27 heavy (non-hydrogen) atoms. The van der Waals surface area contributed by atoms with Gasteiger partial charge in [0, 0.05) is 12.5 Å². The van der Waals surface area contributed by atoms with Crippen LogP contribution in [0.5, 0.6) is 5.75 Å². The SMILES string of the molecule is COc1ccccc1NC(=O)C1CCN(CCO[C@@H]2CCCC[C@H]2C)CC1. The van der Waals surface area contributed by atoms with Gasteiger partial charge in [-0.05, 0) is 56.8 Å². The number of rotatable bonds is 7. The molecule has 1 aromatic carbocycles. The summed E-state index contributed by atoms with van der Waals surface area (Å²) in [5, 5.41) is 3.03. The molecule has 0 bridgehead atoms. The Bertz CT molecular complexity index is 599. The van der Waals surface area contributed by atoms with Crippen LogP contribution in [0.1, 0.15) is 45.4 Å². The maximum atomic E-state index is 12.6. The van der Waals surface area contributed by atoms with E-state index >= 15 is 0 Å². The van der Waals surface area contributed by atoms with Crippen LogP contribution in [0.15, 0.2) is 24.3 Å². The van der Waals surface area contributed by atoms with Crippen LogP contribution in [0.25, 0.3) is 0 Å². The van der Waals surface area contributed by atoms with E-state index in [-0.39, 0.29) is 11.8 Å². The third-order valence-electron chi connectivity index (χ3n) is 6.10. The topological polar surface area (TPSA) is 50.8 Å². The lowest BCUT2D eigenvalue weighted by molar-refractivity contribution is -0.121. The van der Waals surface area contributed by atoms with Gasteiger partial charge in [0.1, 0.15) is 5.75 Å². The molecule has 2 atom stereocenters. The van der Waals surface area contributed by atoms with E-state index in [0.29, 0.717) is 17.8 Å². The van der Waals surface area contributed by atoms with Crippen molar-refractivity contribution in [1.29, 1.82) is 0 Å². The number of hydrogen-bond acceptors (Lipinski definition) is 4. The van der Waals surface area contributed by atoms with Crippen LogP contribution in [-0.4, -0.2) is 50.3 Å². The molecular weight excluding hydrogens is 340 g/mol. The van der Waals surface area contributed by atoms with Crippen LogP contribution in [0, 0.1) is 11.8 Å². The van der Waals surface area contributed by atoms with Gasteiger partial charge in [0.25, 0.3) is 0 Å². The molecule has 0 radical (unpaired) electrons. The van der Waals surface area contributed by atoms with Gasteiger partial charge < -0.3 is 19.7 Å². The van der Waals surface area contributed by atoms with Gasteiger partial charge in [-0.2, -0.15) is 0 Å². The smallest absolute Gasteiger partial charge is 0.227 e. The Morgan fingerprint density at radius 2 is 1.89 bits per heavy atom. The molecule has 2 fully saturated rings. The van der Waals surface area contributed by atoms with Crippen molar-refractivity contribution in [3.8, 4) is 5.75 Å². The van der Waals surface area contributed by atoms with E-state index in [9.17, 15) is 4.79 Å². The third kappa shape index (κ3) is 5.69. The Balaban J connectivity index is 1.37. The summed E-state index contributed by atoms with van der Waals surface area (Å²) in [4.78, 5) is 15.0. The number of methoxy groups -OCH3 is 1. The van der Waals surface area contributed by atoms with Gasteiger partial charge in [0.05, 0.1) is 25.5 Å². The summed E-state index contributed by atoms with van der Waals surface area (Å²) in [7, 11) is 1.62.